The quantitative estimate of drug-likeness (QED) is 0.402. The molecule has 2 heterocycles. The highest BCUT2D eigenvalue weighted by atomic mass is 35.5. The predicted octanol–water partition coefficient (Wildman–Crippen LogP) is 3.96. The molecule has 1 saturated heterocycles. The zero-order valence-electron chi connectivity index (χ0n) is 21.9. The van der Waals surface area contributed by atoms with Gasteiger partial charge in [0.1, 0.15) is 6.54 Å². The summed E-state index contributed by atoms with van der Waals surface area (Å²) in [5.74, 6) is -0.614. The first-order valence-electron chi connectivity index (χ1n) is 12.7. The summed E-state index contributed by atoms with van der Waals surface area (Å²) in [6, 6.07) is 12.4. The molecule has 39 heavy (non-hydrogen) atoms. The Labute approximate surface area is 237 Å². The number of benzene rings is 2. The van der Waals surface area contributed by atoms with Crippen molar-refractivity contribution in [1.29, 1.82) is 0 Å². The Balaban J connectivity index is 1.41. The minimum atomic E-state index is -0.369. The SMILES string of the molecule is CN(C)C(=O)/C(=C\N(C=O)CC(=O)N1CCC(N2CCc3ccccc3NC2=O)CC1)c1cc(Cl)cc(Cl)c1. The molecule has 206 valence electrons. The third-order valence-corrected chi connectivity index (χ3v) is 7.39. The molecule has 0 spiro atoms. The van der Waals surface area contributed by atoms with E-state index in [9.17, 15) is 19.2 Å². The van der Waals surface area contributed by atoms with Crippen molar-refractivity contribution in [3.63, 3.8) is 0 Å². The fraction of sp³-hybridized carbons (Fsp3) is 0.357. The Kier molecular flexibility index (Phi) is 9.14. The van der Waals surface area contributed by atoms with Crippen LogP contribution in [0.1, 0.15) is 24.0 Å². The highest BCUT2D eigenvalue weighted by molar-refractivity contribution is 6.35. The predicted molar refractivity (Wildman–Crippen MR) is 151 cm³/mol. The second-order valence-corrected chi connectivity index (χ2v) is 10.7. The van der Waals surface area contributed by atoms with E-state index in [4.69, 9.17) is 23.2 Å². The fourth-order valence-electron chi connectivity index (χ4n) is 4.90. The molecule has 2 aliphatic rings. The normalized spacial score (nSPS) is 16.2. The number of nitrogens with one attached hydrogen (secondary N) is 1. The number of likely N-dealkylation sites (tertiary alicyclic amines) is 1. The van der Waals surface area contributed by atoms with Gasteiger partial charge in [0.2, 0.25) is 12.3 Å². The number of urea groups is 1. The van der Waals surface area contributed by atoms with Crippen molar-refractivity contribution in [3.8, 4) is 0 Å². The topological polar surface area (TPSA) is 93.3 Å². The van der Waals surface area contributed by atoms with Gasteiger partial charge in [-0.25, -0.2) is 4.79 Å². The molecule has 2 aromatic rings. The van der Waals surface area contributed by atoms with Crippen molar-refractivity contribution in [1.82, 2.24) is 19.6 Å². The number of amides is 5. The fourth-order valence-corrected chi connectivity index (χ4v) is 5.43. The number of nitrogens with zero attached hydrogens (tertiary/aromatic N) is 4. The Bertz CT molecular complexity index is 1270. The lowest BCUT2D eigenvalue weighted by Crippen LogP contribution is -2.51. The Morgan fingerprint density at radius 3 is 2.36 bits per heavy atom. The molecule has 2 aromatic carbocycles. The molecule has 0 unspecified atom stereocenters. The highest BCUT2D eigenvalue weighted by Gasteiger charge is 2.31. The lowest BCUT2D eigenvalue weighted by molar-refractivity contribution is -0.135. The molecule has 1 N–H and O–H groups in total. The number of rotatable bonds is 7. The van der Waals surface area contributed by atoms with Crippen LogP contribution >= 0.6 is 23.2 Å². The maximum absolute atomic E-state index is 13.1. The summed E-state index contributed by atoms with van der Waals surface area (Å²) in [6.45, 7) is 1.31. The number of para-hydroxylation sites is 1. The maximum Gasteiger partial charge on any atom is 0.322 e. The maximum atomic E-state index is 13.1. The van der Waals surface area contributed by atoms with Gasteiger partial charge in [0.15, 0.2) is 0 Å². The largest absolute Gasteiger partial charge is 0.345 e. The first-order chi connectivity index (χ1) is 18.7. The molecule has 0 aromatic heterocycles. The van der Waals surface area contributed by atoms with Gasteiger partial charge in [-0.05, 0) is 54.7 Å². The van der Waals surface area contributed by atoms with Gasteiger partial charge >= 0.3 is 6.03 Å². The summed E-state index contributed by atoms with van der Waals surface area (Å²) in [5.41, 5.74) is 2.56. The Morgan fingerprint density at radius 1 is 1.05 bits per heavy atom. The number of halogens is 2. The number of likely N-dealkylation sites (N-methyl/N-ethyl adjacent to an activating group) is 1. The first-order valence-corrected chi connectivity index (χ1v) is 13.5. The van der Waals surface area contributed by atoms with E-state index >= 15 is 0 Å². The van der Waals surface area contributed by atoms with Gasteiger partial charge < -0.3 is 24.9 Å². The molecule has 0 aliphatic carbocycles. The third-order valence-electron chi connectivity index (χ3n) is 6.96. The third kappa shape index (κ3) is 6.91. The second-order valence-electron chi connectivity index (χ2n) is 9.82. The van der Waals surface area contributed by atoms with Crippen molar-refractivity contribution in [2.24, 2.45) is 0 Å². The van der Waals surface area contributed by atoms with Gasteiger partial charge in [-0.2, -0.15) is 0 Å². The van der Waals surface area contributed by atoms with Gasteiger partial charge in [-0.1, -0.05) is 41.4 Å². The second kappa shape index (κ2) is 12.5. The average Bonchev–Trinajstić information content (AvgIpc) is 3.08. The van der Waals surface area contributed by atoms with Crippen molar-refractivity contribution in [2.45, 2.75) is 25.3 Å². The smallest absolute Gasteiger partial charge is 0.322 e. The molecular weight excluding hydrogens is 541 g/mol. The standard InChI is InChI=1S/C28H31Cl2N5O4/c1-32(2)27(38)24(20-13-21(29)15-22(30)14-20)16-33(18-36)17-26(37)34-10-8-23(9-11-34)35-12-7-19-5-3-4-6-25(19)31-28(35)39/h3-6,13-16,18,23H,7-12,17H2,1-2H3,(H,31,39)/b24-16-. The van der Waals surface area contributed by atoms with Crippen LogP contribution in [0, 0.1) is 0 Å². The number of carbonyl (C=O) groups is 4. The average molecular weight is 572 g/mol. The van der Waals surface area contributed by atoms with Crippen LogP contribution in [0.4, 0.5) is 10.5 Å². The molecule has 0 bridgehead atoms. The molecule has 0 radical (unpaired) electrons. The molecule has 9 nitrogen and oxygen atoms in total. The number of hydrogen-bond donors (Lipinski definition) is 1. The Morgan fingerprint density at radius 2 is 1.72 bits per heavy atom. The van der Waals surface area contributed by atoms with Crippen molar-refractivity contribution >= 4 is 58.7 Å². The van der Waals surface area contributed by atoms with Gasteiger partial charge in [0.25, 0.3) is 5.91 Å². The molecule has 11 heteroatoms. The van der Waals surface area contributed by atoms with E-state index < -0.39 is 0 Å². The summed E-state index contributed by atoms with van der Waals surface area (Å²) >= 11 is 12.3. The highest BCUT2D eigenvalue weighted by Crippen LogP contribution is 2.27. The first kappa shape index (κ1) is 28.4. The van der Waals surface area contributed by atoms with E-state index in [1.54, 1.807) is 37.2 Å². The van der Waals surface area contributed by atoms with Crippen LogP contribution in [-0.2, 0) is 20.8 Å². The van der Waals surface area contributed by atoms with E-state index in [1.165, 1.54) is 11.1 Å². The van der Waals surface area contributed by atoms with Crippen LogP contribution < -0.4 is 5.32 Å². The van der Waals surface area contributed by atoms with Crippen LogP contribution in [0.25, 0.3) is 5.57 Å². The zero-order valence-corrected chi connectivity index (χ0v) is 23.4. The summed E-state index contributed by atoms with van der Waals surface area (Å²) in [6.07, 6.45) is 3.90. The lowest BCUT2D eigenvalue weighted by Gasteiger charge is -2.38. The van der Waals surface area contributed by atoms with Gasteiger partial charge in [-0.3, -0.25) is 14.4 Å². The summed E-state index contributed by atoms with van der Waals surface area (Å²) < 4.78 is 0. The van der Waals surface area contributed by atoms with Crippen LogP contribution in [0.2, 0.25) is 10.0 Å². The molecule has 0 saturated carbocycles. The van der Waals surface area contributed by atoms with Gasteiger partial charge in [0, 0.05) is 61.7 Å². The summed E-state index contributed by atoms with van der Waals surface area (Å²) in [4.78, 5) is 56.9. The molecule has 4 rings (SSSR count). The minimum absolute atomic E-state index is 0.0160. The molecule has 0 atom stereocenters. The number of hydrogen-bond acceptors (Lipinski definition) is 4. The van der Waals surface area contributed by atoms with E-state index in [2.05, 4.69) is 5.32 Å². The lowest BCUT2D eigenvalue weighted by atomic mass is 10.0. The minimum Gasteiger partial charge on any atom is -0.345 e. The van der Waals surface area contributed by atoms with Crippen molar-refractivity contribution in [3.05, 3.63) is 69.8 Å². The zero-order chi connectivity index (χ0) is 28.1. The molecular formula is C28H31Cl2N5O4. The Hall–Kier alpha value is -3.56. The van der Waals surface area contributed by atoms with Crippen LogP contribution in [-0.4, -0.2) is 90.2 Å². The van der Waals surface area contributed by atoms with E-state index in [0.29, 0.717) is 54.5 Å². The number of carbonyl (C=O) groups excluding carboxylic acids is 4. The summed E-state index contributed by atoms with van der Waals surface area (Å²) in [7, 11) is 3.18. The van der Waals surface area contributed by atoms with Crippen molar-refractivity contribution in [2.75, 3.05) is 45.6 Å². The van der Waals surface area contributed by atoms with E-state index in [1.807, 2.05) is 29.2 Å². The van der Waals surface area contributed by atoms with E-state index in [-0.39, 0.29) is 36.0 Å². The van der Waals surface area contributed by atoms with Gasteiger partial charge in [0.05, 0.1) is 5.57 Å². The van der Waals surface area contributed by atoms with Crippen LogP contribution in [0.3, 0.4) is 0 Å². The van der Waals surface area contributed by atoms with Crippen LogP contribution in [0.15, 0.2) is 48.7 Å². The van der Waals surface area contributed by atoms with E-state index in [0.717, 1.165) is 22.6 Å². The monoisotopic (exact) mass is 571 g/mol. The molecule has 1 fully saturated rings. The van der Waals surface area contributed by atoms with Crippen molar-refractivity contribution < 1.29 is 19.2 Å². The number of fused-ring (bicyclic) bond motifs is 1. The summed E-state index contributed by atoms with van der Waals surface area (Å²) in [5, 5.41) is 3.68. The number of piperidine rings is 1. The van der Waals surface area contributed by atoms with Crippen LogP contribution in [0.5, 0.6) is 0 Å². The molecule has 5 amide bonds. The van der Waals surface area contributed by atoms with Gasteiger partial charge in [-0.15, -0.1) is 0 Å². The number of anilines is 1. The molecule has 2 aliphatic heterocycles.